The van der Waals surface area contributed by atoms with Gasteiger partial charge < -0.3 is 15.2 Å². The van der Waals surface area contributed by atoms with Gasteiger partial charge in [0.25, 0.3) is 0 Å². The molecule has 0 amide bonds. The van der Waals surface area contributed by atoms with E-state index in [1.165, 1.54) is 6.08 Å². The second-order valence-corrected chi connectivity index (χ2v) is 5.91. The van der Waals surface area contributed by atoms with Crippen molar-refractivity contribution in [1.29, 1.82) is 0 Å². The summed E-state index contributed by atoms with van der Waals surface area (Å²) in [5.41, 5.74) is 0.932. The Kier molecular flexibility index (Phi) is 4.48. The summed E-state index contributed by atoms with van der Waals surface area (Å²) in [6.07, 6.45) is 1.51. The maximum Gasteiger partial charge on any atom is 0.345 e. The van der Waals surface area contributed by atoms with E-state index in [0.717, 1.165) is 10.0 Å². The molecule has 0 aromatic heterocycles. The molecule has 24 heavy (non-hydrogen) atoms. The van der Waals surface area contributed by atoms with Crippen molar-refractivity contribution in [1.82, 2.24) is 0 Å². The molecule has 0 saturated carbocycles. The minimum atomic E-state index is -1.34. The number of halogens is 1. The lowest BCUT2D eigenvalue weighted by Crippen LogP contribution is -2.12. The first kappa shape index (κ1) is 16.0. The van der Waals surface area contributed by atoms with Crippen molar-refractivity contribution in [2.75, 3.05) is 5.32 Å². The molecule has 0 aliphatic carbocycles. The van der Waals surface area contributed by atoms with Gasteiger partial charge in [-0.2, -0.15) is 0 Å². The highest BCUT2D eigenvalue weighted by molar-refractivity contribution is 9.10. The van der Waals surface area contributed by atoms with Gasteiger partial charge >= 0.3 is 5.97 Å². The number of anilines is 1. The quantitative estimate of drug-likeness (QED) is 0.618. The highest BCUT2D eigenvalue weighted by Gasteiger charge is 2.35. The van der Waals surface area contributed by atoms with Gasteiger partial charge in [0, 0.05) is 10.2 Å². The number of carboxylic acids is 1. The van der Waals surface area contributed by atoms with Crippen LogP contribution < -0.4 is 5.32 Å². The lowest BCUT2D eigenvalue weighted by Gasteiger charge is -2.07. The smallest absolute Gasteiger partial charge is 0.345 e. The van der Waals surface area contributed by atoms with Crippen LogP contribution in [0.3, 0.4) is 0 Å². The van der Waals surface area contributed by atoms with E-state index in [2.05, 4.69) is 21.2 Å². The van der Waals surface area contributed by atoms with E-state index < -0.39 is 17.3 Å². The number of carbonyl (C=O) groups is 2. The molecule has 2 aromatic rings. The van der Waals surface area contributed by atoms with Gasteiger partial charge in [0.05, 0.1) is 0 Å². The van der Waals surface area contributed by atoms with E-state index in [4.69, 9.17) is 4.74 Å². The fourth-order valence-corrected chi connectivity index (χ4v) is 2.63. The number of carboxylic acid groups (broad SMARTS) is 1. The summed E-state index contributed by atoms with van der Waals surface area (Å²) in [7, 11) is 0. The van der Waals surface area contributed by atoms with Gasteiger partial charge in [-0.1, -0.05) is 46.3 Å². The van der Waals surface area contributed by atoms with Gasteiger partial charge in [0.2, 0.25) is 11.7 Å². The number of para-hydroxylation sites is 1. The second-order valence-electron chi connectivity index (χ2n) is 5.00. The molecule has 0 bridgehead atoms. The molecule has 120 valence electrons. The van der Waals surface area contributed by atoms with E-state index in [-0.39, 0.29) is 11.6 Å². The number of aliphatic carboxylic acids is 1. The first-order chi connectivity index (χ1) is 11.5. The van der Waals surface area contributed by atoms with Crippen LogP contribution in [0.25, 0.3) is 6.08 Å². The van der Waals surface area contributed by atoms with Crippen LogP contribution in [0.1, 0.15) is 5.56 Å². The summed E-state index contributed by atoms with van der Waals surface area (Å²) >= 11 is 3.35. The monoisotopic (exact) mass is 385 g/mol. The van der Waals surface area contributed by atoms with Gasteiger partial charge in [-0.3, -0.25) is 4.79 Å². The minimum absolute atomic E-state index is 0.0380. The summed E-state index contributed by atoms with van der Waals surface area (Å²) < 4.78 is 6.32. The number of ketones is 1. The zero-order valence-electron chi connectivity index (χ0n) is 12.3. The van der Waals surface area contributed by atoms with E-state index in [9.17, 15) is 14.7 Å². The predicted molar refractivity (Wildman–Crippen MR) is 92.9 cm³/mol. The molecular weight excluding hydrogens is 374 g/mol. The van der Waals surface area contributed by atoms with E-state index in [1.807, 2.05) is 18.2 Å². The molecule has 5 nitrogen and oxygen atoms in total. The number of Topliss-reactive ketones (excluding diaryl/α,β-unsaturated/α-hetero) is 1. The normalized spacial score (nSPS) is 15.5. The first-order valence-electron chi connectivity index (χ1n) is 7.04. The van der Waals surface area contributed by atoms with Crippen LogP contribution in [0.4, 0.5) is 5.69 Å². The maximum absolute atomic E-state index is 12.4. The fraction of sp³-hybridized carbons (Fsp3) is 0. The average molecular weight is 386 g/mol. The largest absolute Gasteiger partial charge is 0.477 e. The van der Waals surface area contributed by atoms with Crippen molar-refractivity contribution in [2.24, 2.45) is 0 Å². The zero-order chi connectivity index (χ0) is 17.1. The van der Waals surface area contributed by atoms with Gasteiger partial charge in [-0.25, -0.2) is 4.79 Å². The molecular formula is C18H12BrNO4. The van der Waals surface area contributed by atoms with Crippen LogP contribution >= 0.6 is 15.9 Å². The SMILES string of the molecule is O=C(O)C1=C(Nc2ccccc2)O/C(=C\c2cccc(Br)c2)C1=O. The third kappa shape index (κ3) is 3.38. The van der Waals surface area contributed by atoms with Crippen LogP contribution in [0.2, 0.25) is 0 Å². The van der Waals surface area contributed by atoms with Crippen molar-refractivity contribution < 1.29 is 19.4 Å². The highest BCUT2D eigenvalue weighted by Crippen LogP contribution is 2.28. The van der Waals surface area contributed by atoms with Crippen LogP contribution in [-0.2, 0) is 14.3 Å². The lowest BCUT2D eigenvalue weighted by atomic mass is 10.1. The summed E-state index contributed by atoms with van der Waals surface area (Å²) in [4.78, 5) is 23.8. The van der Waals surface area contributed by atoms with Crippen LogP contribution in [-0.4, -0.2) is 16.9 Å². The summed E-state index contributed by atoms with van der Waals surface area (Å²) in [6.45, 7) is 0. The Labute approximate surface area is 146 Å². The number of hydrogen-bond acceptors (Lipinski definition) is 4. The zero-order valence-corrected chi connectivity index (χ0v) is 13.9. The molecule has 2 aromatic carbocycles. The number of rotatable bonds is 4. The number of ether oxygens (including phenoxy) is 1. The number of allylic oxidation sites excluding steroid dienone is 1. The molecule has 3 rings (SSSR count). The highest BCUT2D eigenvalue weighted by atomic mass is 79.9. The molecule has 1 heterocycles. The molecule has 0 saturated heterocycles. The Hall–Kier alpha value is -2.86. The summed E-state index contributed by atoms with van der Waals surface area (Å²) in [5, 5.41) is 12.2. The van der Waals surface area contributed by atoms with E-state index >= 15 is 0 Å². The van der Waals surface area contributed by atoms with Gasteiger partial charge in [0.1, 0.15) is 0 Å². The molecule has 0 fully saturated rings. The Bertz CT molecular complexity index is 872. The maximum atomic E-state index is 12.4. The molecule has 1 aliphatic rings. The Balaban J connectivity index is 1.93. The van der Waals surface area contributed by atoms with Gasteiger partial charge in [-0.15, -0.1) is 0 Å². The number of nitrogens with one attached hydrogen (secondary N) is 1. The molecule has 0 radical (unpaired) electrons. The molecule has 0 unspecified atom stereocenters. The summed E-state index contributed by atoms with van der Waals surface area (Å²) in [5.74, 6) is -2.12. The van der Waals surface area contributed by atoms with Crippen molar-refractivity contribution in [2.45, 2.75) is 0 Å². The lowest BCUT2D eigenvalue weighted by molar-refractivity contribution is -0.134. The Morgan fingerprint density at radius 3 is 2.54 bits per heavy atom. The summed E-state index contributed by atoms with van der Waals surface area (Å²) in [6, 6.07) is 16.2. The van der Waals surface area contributed by atoms with Crippen molar-refractivity contribution in [3.05, 3.63) is 81.8 Å². The molecule has 2 N–H and O–H groups in total. The van der Waals surface area contributed by atoms with Crippen molar-refractivity contribution in [3.63, 3.8) is 0 Å². The van der Waals surface area contributed by atoms with Crippen LogP contribution in [0.15, 0.2) is 76.3 Å². The van der Waals surface area contributed by atoms with E-state index in [0.29, 0.717) is 5.69 Å². The van der Waals surface area contributed by atoms with Crippen LogP contribution in [0.5, 0.6) is 0 Å². The molecule has 1 aliphatic heterocycles. The average Bonchev–Trinajstić information content (AvgIpc) is 2.84. The second kappa shape index (κ2) is 6.72. The minimum Gasteiger partial charge on any atom is -0.477 e. The molecule has 0 atom stereocenters. The number of carbonyl (C=O) groups excluding carboxylic acids is 1. The standard InChI is InChI=1S/C18H12BrNO4/c19-12-6-4-5-11(9-12)10-14-16(21)15(18(22)23)17(24-14)20-13-7-2-1-3-8-13/h1-10,20H,(H,22,23)/b14-10-. The Morgan fingerprint density at radius 1 is 1.12 bits per heavy atom. The first-order valence-corrected chi connectivity index (χ1v) is 7.83. The third-order valence-corrected chi connectivity index (χ3v) is 3.78. The van der Waals surface area contributed by atoms with Crippen LogP contribution in [0, 0.1) is 0 Å². The van der Waals surface area contributed by atoms with Gasteiger partial charge in [0.15, 0.2) is 11.3 Å². The molecule has 0 spiro atoms. The van der Waals surface area contributed by atoms with E-state index in [1.54, 1.807) is 36.4 Å². The fourth-order valence-electron chi connectivity index (χ4n) is 2.21. The molecule has 6 heteroatoms. The predicted octanol–water partition coefficient (Wildman–Crippen LogP) is 3.80. The number of benzene rings is 2. The van der Waals surface area contributed by atoms with Crippen molar-refractivity contribution in [3.8, 4) is 0 Å². The Morgan fingerprint density at radius 2 is 1.88 bits per heavy atom. The topological polar surface area (TPSA) is 75.6 Å². The van der Waals surface area contributed by atoms with Gasteiger partial charge in [-0.05, 0) is 35.9 Å². The van der Waals surface area contributed by atoms with Crippen molar-refractivity contribution >= 4 is 39.4 Å². The third-order valence-electron chi connectivity index (χ3n) is 3.28. The number of hydrogen-bond donors (Lipinski definition) is 2.